The van der Waals surface area contributed by atoms with Crippen molar-refractivity contribution in [2.24, 2.45) is 0 Å². The van der Waals surface area contributed by atoms with Gasteiger partial charge in [-0.15, -0.1) is 5.73 Å². The fraction of sp³-hybridized carbons (Fsp3) is 0.267. The highest BCUT2D eigenvalue weighted by atomic mass is 16.5. The Balaban J connectivity index is 2.67. The molecule has 0 aliphatic heterocycles. The standard InChI is InChI=1S/C15H18O/c1-5-7-8-14(9-12(3)6-2)16-15-10-13(4)11-15/h5,7-9,15H,1-2,4,10-11H2,3H3/b8-7-,14-9+. The highest BCUT2D eigenvalue weighted by molar-refractivity contribution is 5.26. The Kier molecular flexibility index (Phi) is 4.63. The molecule has 1 fully saturated rings. The first-order valence-electron chi connectivity index (χ1n) is 5.36. The summed E-state index contributed by atoms with van der Waals surface area (Å²) in [6.45, 7) is 13.1. The molecule has 0 aromatic rings. The molecule has 0 spiro atoms. The highest BCUT2D eigenvalue weighted by Gasteiger charge is 2.23. The fourth-order valence-electron chi connectivity index (χ4n) is 1.41. The lowest BCUT2D eigenvalue weighted by molar-refractivity contribution is 0.0930. The first kappa shape index (κ1) is 12.4. The summed E-state index contributed by atoms with van der Waals surface area (Å²) >= 11 is 0. The molecule has 0 atom stereocenters. The molecular formula is C15H18O. The molecule has 1 saturated carbocycles. The van der Waals surface area contributed by atoms with Crippen LogP contribution in [0.5, 0.6) is 0 Å². The molecule has 1 rings (SSSR count). The van der Waals surface area contributed by atoms with Gasteiger partial charge in [0, 0.05) is 12.8 Å². The van der Waals surface area contributed by atoms with Crippen molar-refractivity contribution in [1.82, 2.24) is 0 Å². The Hall–Kier alpha value is -1.72. The summed E-state index contributed by atoms with van der Waals surface area (Å²) in [6, 6.07) is 0. The van der Waals surface area contributed by atoms with Gasteiger partial charge in [0.1, 0.15) is 11.9 Å². The predicted molar refractivity (Wildman–Crippen MR) is 69.0 cm³/mol. The van der Waals surface area contributed by atoms with Gasteiger partial charge in [0.15, 0.2) is 0 Å². The third-order valence-electron chi connectivity index (χ3n) is 2.37. The van der Waals surface area contributed by atoms with Crippen molar-refractivity contribution in [2.75, 3.05) is 0 Å². The lowest BCUT2D eigenvalue weighted by atomic mass is 9.90. The minimum Gasteiger partial charge on any atom is -0.490 e. The lowest BCUT2D eigenvalue weighted by Gasteiger charge is -2.29. The number of hydrogen-bond acceptors (Lipinski definition) is 1. The molecule has 1 nitrogen and oxygen atoms in total. The van der Waals surface area contributed by atoms with Crippen LogP contribution in [0.1, 0.15) is 19.8 Å². The highest BCUT2D eigenvalue weighted by Crippen LogP contribution is 2.29. The maximum absolute atomic E-state index is 5.81. The maximum Gasteiger partial charge on any atom is 0.120 e. The van der Waals surface area contributed by atoms with Crippen LogP contribution >= 0.6 is 0 Å². The second kappa shape index (κ2) is 5.99. The van der Waals surface area contributed by atoms with Crippen molar-refractivity contribution in [3.05, 3.63) is 66.7 Å². The third kappa shape index (κ3) is 3.80. The Morgan fingerprint density at radius 2 is 2.19 bits per heavy atom. The molecule has 16 heavy (non-hydrogen) atoms. The number of allylic oxidation sites excluding steroid dienone is 5. The molecule has 0 heterocycles. The van der Waals surface area contributed by atoms with Gasteiger partial charge in [0.25, 0.3) is 0 Å². The van der Waals surface area contributed by atoms with Gasteiger partial charge in [-0.05, 0) is 24.6 Å². The molecular weight excluding hydrogens is 196 g/mol. The summed E-state index contributed by atoms with van der Waals surface area (Å²) in [5, 5.41) is 0. The first-order chi connectivity index (χ1) is 7.65. The predicted octanol–water partition coefficient (Wildman–Crippen LogP) is 4.08. The lowest BCUT2D eigenvalue weighted by Crippen LogP contribution is -2.23. The van der Waals surface area contributed by atoms with E-state index in [1.54, 1.807) is 6.08 Å². The molecule has 1 aliphatic rings. The molecule has 0 unspecified atom stereocenters. The molecule has 84 valence electrons. The van der Waals surface area contributed by atoms with E-state index in [0.717, 1.165) is 24.2 Å². The molecule has 0 radical (unpaired) electrons. The average Bonchev–Trinajstić information content (AvgIpc) is 2.23. The Bertz CT molecular complexity index is 382. The minimum absolute atomic E-state index is 0.269. The number of ether oxygens (including phenoxy) is 1. The van der Waals surface area contributed by atoms with Crippen LogP contribution in [0.25, 0.3) is 0 Å². The molecule has 1 aliphatic carbocycles. The van der Waals surface area contributed by atoms with Crippen molar-refractivity contribution < 1.29 is 4.74 Å². The van der Waals surface area contributed by atoms with E-state index in [-0.39, 0.29) is 6.10 Å². The molecule has 1 heteroatoms. The monoisotopic (exact) mass is 214 g/mol. The van der Waals surface area contributed by atoms with E-state index >= 15 is 0 Å². The van der Waals surface area contributed by atoms with Gasteiger partial charge in [0.2, 0.25) is 0 Å². The van der Waals surface area contributed by atoms with Crippen molar-refractivity contribution in [1.29, 1.82) is 0 Å². The fourth-order valence-corrected chi connectivity index (χ4v) is 1.41. The number of hydrogen-bond donors (Lipinski definition) is 0. The van der Waals surface area contributed by atoms with Crippen LogP contribution in [0, 0.1) is 0 Å². The van der Waals surface area contributed by atoms with Gasteiger partial charge in [-0.1, -0.05) is 37.5 Å². The Labute approximate surface area is 97.8 Å². The van der Waals surface area contributed by atoms with Crippen LogP contribution in [0.15, 0.2) is 66.7 Å². The first-order valence-corrected chi connectivity index (χ1v) is 5.36. The summed E-state index contributed by atoms with van der Waals surface area (Å²) in [6.07, 6.45) is 9.58. The van der Waals surface area contributed by atoms with E-state index in [2.05, 4.69) is 25.5 Å². The van der Waals surface area contributed by atoms with Gasteiger partial charge in [0.05, 0.1) is 0 Å². The van der Waals surface area contributed by atoms with Crippen molar-refractivity contribution in [2.45, 2.75) is 25.9 Å². The van der Waals surface area contributed by atoms with Gasteiger partial charge in [-0.25, -0.2) is 0 Å². The normalized spacial score (nSPS) is 16.8. The smallest absolute Gasteiger partial charge is 0.120 e. The van der Waals surface area contributed by atoms with Crippen LogP contribution < -0.4 is 0 Å². The van der Waals surface area contributed by atoms with Crippen LogP contribution in [0.4, 0.5) is 0 Å². The van der Waals surface area contributed by atoms with Gasteiger partial charge in [-0.2, -0.15) is 0 Å². The zero-order valence-corrected chi connectivity index (χ0v) is 9.83. The zero-order valence-electron chi connectivity index (χ0n) is 9.83. The second-order valence-electron chi connectivity index (χ2n) is 3.90. The molecule has 0 bridgehead atoms. The summed E-state index contributed by atoms with van der Waals surface area (Å²) in [5.41, 5.74) is 5.04. The van der Waals surface area contributed by atoms with Crippen molar-refractivity contribution in [3.63, 3.8) is 0 Å². The van der Waals surface area contributed by atoms with Gasteiger partial charge < -0.3 is 4.74 Å². The SMILES string of the molecule is C=C=C(C)/C=C(\C=C/C=C)OC1CC(=C)C1. The summed E-state index contributed by atoms with van der Waals surface area (Å²) in [5.74, 6) is 0.825. The summed E-state index contributed by atoms with van der Waals surface area (Å²) < 4.78 is 5.81. The molecule has 0 aromatic heterocycles. The van der Waals surface area contributed by atoms with Crippen LogP contribution in [-0.4, -0.2) is 6.10 Å². The third-order valence-corrected chi connectivity index (χ3v) is 2.37. The second-order valence-corrected chi connectivity index (χ2v) is 3.90. The minimum atomic E-state index is 0.269. The maximum atomic E-state index is 5.81. The van der Waals surface area contributed by atoms with E-state index < -0.39 is 0 Å². The van der Waals surface area contributed by atoms with E-state index in [1.165, 1.54) is 5.57 Å². The van der Waals surface area contributed by atoms with E-state index in [4.69, 9.17) is 4.74 Å². The molecule has 0 amide bonds. The molecule has 0 aromatic carbocycles. The average molecular weight is 214 g/mol. The van der Waals surface area contributed by atoms with Crippen LogP contribution in [0.3, 0.4) is 0 Å². The quantitative estimate of drug-likeness (QED) is 0.290. The summed E-state index contributed by atoms with van der Waals surface area (Å²) in [7, 11) is 0. The summed E-state index contributed by atoms with van der Waals surface area (Å²) in [4.78, 5) is 0. The Morgan fingerprint density at radius 1 is 1.50 bits per heavy atom. The van der Waals surface area contributed by atoms with Gasteiger partial charge in [-0.3, -0.25) is 0 Å². The molecule has 0 saturated heterocycles. The van der Waals surface area contributed by atoms with Crippen LogP contribution in [-0.2, 0) is 4.74 Å². The van der Waals surface area contributed by atoms with Crippen LogP contribution in [0.2, 0.25) is 0 Å². The van der Waals surface area contributed by atoms with E-state index in [9.17, 15) is 0 Å². The van der Waals surface area contributed by atoms with E-state index in [0.29, 0.717) is 0 Å². The van der Waals surface area contributed by atoms with E-state index in [1.807, 2.05) is 25.2 Å². The number of rotatable bonds is 5. The Morgan fingerprint density at radius 3 is 2.69 bits per heavy atom. The molecule has 0 N–H and O–H groups in total. The largest absolute Gasteiger partial charge is 0.490 e. The van der Waals surface area contributed by atoms with Crippen molar-refractivity contribution in [3.8, 4) is 0 Å². The topological polar surface area (TPSA) is 9.23 Å². The van der Waals surface area contributed by atoms with Crippen molar-refractivity contribution >= 4 is 0 Å². The van der Waals surface area contributed by atoms with Gasteiger partial charge >= 0.3 is 0 Å². The zero-order chi connectivity index (χ0) is 12.0.